The number of benzene rings is 3. The first-order valence-electron chi connectivity index (χ1n) is 10.2. The molecule has 4 rings (SSSR count). The van der Waals surface area contributed by atoms with Gasteiger partial charge in [0.25, 0.3) is 0 Å². The van der Waals surface area contributed by atoms with Gasteiger partial charge in [-0.1, -0.05) is 72.3 Å². The summed E-state index contributed by atoms with van der Waals surface area (Å²) in [5.74, 6) is 0.0904. The summed E-state index contributed by atoms with van der Waals surface area (Å²) in [6.45, 7) is 4.99. The van der Waals surface area contributed by atoms with Crippen LogP contribution >= 0.6 is 0 Å². The summed E-state index contributed by atoms with van der Waals surface area (Å²) in [7, 11) is 0. The van der Waals surface area contributed by atoms with Gasteiger partial charge < -0.3 is 5.32 Å². The third-order valence-electron chi connectivity index (χ3n) is 5.77. The molecule has 28 heavy (non-hydrogen) atoms. The zero-order valence-corrected chi connectivity index (χ0v) is 16.5. The largest absolute Gasteiger partial charge is 0.354 e. The highest BCUT2D eigenvalue weighted by Crippen LogP contribution is 2.25. The lowest BCUT2D eigenvalue weighted by Gasteiger charge is -2.28. The van der Waals surface area contributed by atoms with Crippen LogP contribution in [0.15, 0.2) is 66.7 Å². The molecule has 1 saturated heterocycles. The van der Waals surface area contributed by atoms with Crippen LogP contribution in [-0.2, 0) is 11.2 Å². The van der Waals surface area contributed by atoms with Crippen LogP contribution in [0.1, 0.15) is 35.6 Å². The molecule has 3 aromatic rings. The third kappa shape index (κ3) is 4.26. The maximum atomic E-state index is 12.7. The molecule has 144 valence electrons. The van der Waals surface area contributed by atoms with Gasteiger partial charge in [0, 0.05) is 6.54 Å². The van der Waals surface area contributed by atoms with E-state index in [2.05, 4.69) is 65.7 Å². The van der Waals surface area contributed by atoms with Crippen molar-refractivity contribution >= 4 is 16.7 Å². The molecule has 0 spiro atoms. The molecule has 1 fully saturated rings. The minimum absolute atomic E-state index is 0.0904. The Kier molecular flexibility index (Phi) is 5.73. The maximum absolute atomic E-state index is 12.7. The fraction of sp³-hybridized carbons (Fsp3) is 0.320. The molecule has 3 heteroatoms. The fourth-order valence-electron chi connectivity index (χ4n) is 4.19. The van der Waals surface area contributed by atoms with Gasteiger partial charge in [-0.2, -0.15) is 0 Å². The van der Waals surface area contributed by atoms with Crippen LogP contribution in [0, 0.1) is 6.92 Å². The van der Waals surface area contributed by atoms with Crippen molar-refractivity contribution in [2.45, 2.75) is 32.2 Å². The molecule has 1 amide bonds. The Morgan fingerprint density at radius 3 is 2.46 bits per heavy atom. The number of fused-ring (bicyclic) bond motifs is 1. The predicted molar refractivity (Wildman–Crippen MR) is 115 cm³/mol. The van der Waals surface area contributed by atoms with Gasteiger partial charge in [0.1, 0.15) is 0 Å². The summed E-state index contributed by atoms with van der Waals surface area (Å²) in [6.07, 6.45) is 2.90. The van der Waals surface area contributed by atoms with Gasteiger partial charge in [-0.15, -0.1) is 0 Å². The zero-order valence-electron chi connectivity index (χ0n) is 16.5. The predicted octanol–water partition coefficient (Wildman–Crippen LogP) is 4.64. The number of amides is 1. The summed E-state index contributed by atoms with van der Waals surface area (Å²) in [6, 6.07) is 23.4. The van der Waals surface area contributed by atoms with Gasteiger partial charge >= 0.3 is 0 Å². The Hall–Kier alpha value is -2.65. The van der Waals surface area contributed by atoms with Crippen LogP contribution < -0.4 is 5.32 Å². The summed E-state index contributed by atoms with van der Waals surface area (Å²) >= 11 is 0. The van der Waals surface area contributed by atoms with E-state index in [1.807, 2.05) is 18.2 Å². The molecule has 0 aliphatic carbocycles. The van der Waals surface area contributed by atoms with Crippen LogP contribution in [0.3, 0.4) is 0 Å². The first-order valence-corrected chi connectivity index (χ1v) is 10.2. The molecule has 0 aromatic heterocycles. The van der Waals surface area contributed by atoms with Crippen molar-refractivity contribution in [2.24, 2.45) is 0 Å². The molecule has 1 aliphatic rings. The first-order chi connectivity index (χ1) is 13.7. The van der Waals surface area contributed by atoms with E-state index in [-0.39, 0.29) is 11.9 Å². The van der Waals surface area contributed by atoms with Crippen molar-refractivity contribution in [1.29, 1.82) is 0 Å². The molecule has 1 unspecified atom stereocenters. The lowest BCUT2D eigenvalue weighted by Crippen LogP contribution is -2.37. The van der Waals surface area contributed by atoms with Gasteiger partial charge in [0.15, 0.2) is 0 Å². The van der Waals surface area contributed by atoms with Gasteiger partial charge in [0.05, 0.1) is 12.5 Å². The van der Waals surface area contributed by atoms with Gasteiger partial charge in [-0.25, -0.2) is 0 Å². The number of nitrogens with one attached hydrogen (secondary N) is 1. The smallest absolute Gasteiger partial charge is 0.224 e. The minimum Gasteiger partial charge on any atom is -0.354 e. The monoisotopic (exact) mass is 372 g/mol. The van der Waals surface area contributed by atoms with E-state index in [1.54, 1.807) is 0 Å². The molecule has 1 heterocycles. The zero-order chi connectivity index (χ0) is 19.3. The topological polar surface area (TPSA) is 32.3 Å². The average molecular weight is 373 g/mol. The summed E-state index contributed by atoms with van der Waals surface area (Å²) in [5.41, 5.74) is 3.64. The number of hydrogen-bond acceptors (Lipinski definition) is 2. The van der Waals surface area contributed by atoms with Crippen molar-refractivity contribution in [2.75, 3.05) is 19.6 Å². The molecule has 1 atom stereocenters. The van der Waals surface area contributed by atoms with Crippen molar-refractivity contribution in [1.82, 2.24) is 10.2 Å². The summed E-state index contributed by atoms with van der Waals surface area (Å²) in [5, 5.41) is 5.55. The van der Waals surface area contributed by atoms with Crippen LogP contribution in [0.25, 0.3) is 10.8 Å². The van der Waals surface area contributed by atoms with E-state index >= 15 is 0 Å². The number of carbonyl (C=O) groups is 1. The quantitative estimate of drug-likeness (QED) is 0.683. The second-order valence-electron chi connectivity index (χ2n) is 7.79. The number of nitrogens with zero attached hydrogens (tertiary/aromatic N) is 1. The van der Waals surface area contributed by atoms with Gasteiger partial charge in [0.2, 0.25) is 5.91 Å². The Bertz CT molecular complexity index is 937. The second-order valence-corrected chi connectivity index (χ2v) is 7.79. The minimum atomic E-state index is 0.0904. The first kappa shape index (κ1) is 18.7. The number of carbonyl (C=O) groups excluding carboxylic acids is 1. The Morgan fingerprint density at radius 1 is 0.964 bits per heavy atom. The standard InChI is InChI=1S/C25H28N2O/c1-19-11-13-21(14-12-19)24(27-15-4-5-16-27)18-26-25(28)17-22-9-6-8-20-7-2-3-10-23(20)22/h2-3,6-14,24H,4-5,15-18H2,1H3,(H,26,28). The maximum Gasteiger partial charge on any atom is 0.224 e. The second kappa shape index (κ2) is 8.57. The fourth-order valence-corrected chi connectivity index (χ4v) is 4.19. The van der Waals surface area contributed by atoms with Gasteiger partial charge in [-0.3, -0.25) is 9.69 Å². The van der Waals surface area contributed by atoms with E-state index in [0.29, 0.717) is 13.0 Å². The van der Waals surface area contributed by atoms with Crippen molar-refractivity contribution in [3.05, 3.63) is 83.4 Å². The van der Waals surface area contributed by atoms with E-state index in [4.69, 9.17) is 0 Å². The summed E-state index contributed by atoms with van der Waals surface area (Å²) in [4.78, 5) is 15.2. The molecule has 3 nitrogen and oxygen atoms in total. The van der Waals surface area contributed by atoms with E-state index < -0.39 is 0 Å². The molecule has 3 aromatic carbocycles. The van der Waals surface area contributed by atoms with Crippen LogP contribution in [-0.4, -0.2) is 30.4 Å². The van der Waals surface area contributed by atoms with E-state index in [1.165, 1.54) is 29.4 Å². The Morgan fingerprint density at radius 2 is 1.68 bits per heavy atom. The highest BCUT2D eigenvalue weighted by Gasteiger charge is 2.24. The number of likely N-dealkylation sites (tertiary alicyclic amines) is 1. The van der Waals surface area contributed by atoms with Crippen LogP contribution in [0.4, 0.5) is 0 Å². The van der Waals surface area contributed by atoms with Crippen molar-refractivity contribution in [3.63, 3.8) is 0 Å². The number of rotatable bonds is 6. The molecular formula is C25H28N2O. The van der Waals surface area contributed by atoms with Crippen molar-refractivity contribution < 1.29 is 4.79 Å². The third-order valence-corrected chi connectivity index (χ3v) is 5.77. The van der Waals surface area contributed by atoms with Crippen molar-refractivity contribution in [3.8, 4) is 0 Å². The number of hydrogen-bond donors (Lipinski definition) is 1. The van der Waals surface area contributed by atoms with Crippen LogP contribution in [0.5, 0.6) is 0 Å². The Balaban J connectivity index is 1.45. The molecular weight excluding hydrogens is 344 g/mol. The average Bonchev–Trinajstić information content (AvgIpc) is 3.24. The number of aryl methyl sites for hydroxylation is 1. The SMILES string of the molecule is Cc1ccc(C(CNC(=O)Cc2cccc3ccccc23)N2CCCC2)cc1. The van der Waals surface area contributed by atoms with Gasteiger partial charge in [-0.05, 0) is 54.8 Å². The van der Waals surface area contributed by atoms with E-state index in [9.17, 15) is 4.79 Å². The molecule has 1 aliphatic heterocycles. The Labute approximate surface area is 167 Å². The molecule has 0 bridgehead atoms. The van der Waals surface area contributed by atoms with E-state index in [0.717, 1.165) is 24.0 Å². The lowest BCUT2D eigenvalue weighted by atomic mass is 10.0. The highest BCUT2D eigenvalue weighted by molar-refractivity contribution is 5.90. The molecule has 0 saturated carbocycles. The summed E-state index contributed by atoms with van der Waals surface area (Å²) < 4.78 is 0. The van der Waals surface area contributed by atoms with Crippen LogP contribution in [0.2, 0.25) is 0 Å². The highest BCUT2D eigenvalue weighted by atomic mass is 16.1. The normalized spacial score (nSPS) is 15.6. The lowest BCUT2D eigenvalue weighted by molar-refractivity contribution is -0.120. The molecule has 0 radical (unpaired) electrons. The molecule has 1 N–H and O–H groups in total.